The molecule has 1 amide bonds. The van der Waals surface area contributed by atoms with Gasteiger partial charge >= 0.3 is 5.97 Å². The Bertz CT molecular complexity index is 625. The van der Waals surface area contributed by atoms with E-state index >= 15 is 0 Å². The molecule has 0 fully saturated rings. The lowest BCUT2D eigenvalue weighted by Crippen LogP contribution is -2.32. The van der Waals surface area contributed by atoms with Crippen molar-refractivity contribution in [3.63, 3.8) is 0 Å². The first-order valence-electron chi connectivity index (χ1n) is 6.95. The normalized spacial score (nSPS) is 9.78. The number of hydrogen-bond acceptors (Lipinski definition) is 6. The van der Waals surface area contributed by atoms with E-state index in [-0.39, 0.29) is 37.0 Å². The van der Waals surface area contributed by atoms with E-state index in [9.17, 15) is 14.4 Å². The highest BCUT2D eigenvalue weighted by molar-refractivity contribution is 8.00. The molecule has 122 valence electrons. The number of amides is 1. The van der Waals surface area contributed by atoms with Crippen LogP contribution in [0.1, 0.15) is 23.7 Å². The Morgan fingerprint density at radius 2 is 2.00 bits per heavy atom. The molecule has 7 heteroatoms. The summed E-state index contributed by atoms with van der Waals surface area (Å²) < 4.78 is 5.03. The Morgan fingerprint density at radius 3 is 2.65 bits per heavy atom. The topological polar surface area (TPSA) is 87.5 Å². The molecular weight excluding hydrogens is 316 g/mol. The van der Waals surface area contributed by atoms with E-state index in [1.54, 1.807) is 31.3 Å². The minimum atomic E-state index is -0.612. The van der Waals surface area contributed by atoms with Crippen molar-refractivity contribution in [3.8, 4) is 6.07 Å². The minimum absolute atomic E-state index is 0.00691. The molecule has 0 heterocycles. The summed E-state index contributed by atoms with van der Waals surface area (Å²) in [5, 5.41) is 8.48. The molecule has 0 aliphatic heterocycles. The number of likely N-dealkylation sites (N-methyl/N-ethyl adjacent to an activating group) is 1. The first kappa shape index (κ1) is 18.7. The number of rotatable bonds is 8. The highest BCUT2D eigenvalue weighted by Gasteiger charge is 2.16. The maximum Gasteiger partial charge on any atom is 0.339 e. The van der Waals surface area contributed by atoms with E-state index in [0.29, 0.717) is 10.5 Å². The maximum atomic E-state index is 12.1. The van der Waals surface area contributed by atoms with Crippen LogP contribution in [0.2, 0.25) is 0 Å². The molecule has 0 N–H and O–H groups in total. The average molecular weight is 334 g/mol. The highest BCUT2D eigenvalue weighted by Crippen LogP contribution is 2.23. The van der Waals surface area contributed by atoms with Gasteiger partial charge in [0.1, 0.15) is 5.78 Å². The highest BCUT2D eigenvalue weighted by atomic mass is 32.2. The summed E-state index contributed by atoms with van der Waals surface area (Å²) in [7, 11) is 1.55. The van der Waals surface area contributed by atoms with Crippen LogP contribution >= 0.6 is 11.8 Å². The third-order valence-electron chi connectivity index (χ3n) is 2.85. The number of benzene rings is 1. The van der Waals surface area contributed by atoms with Crippen LogP contribution in [-0.2, 0) is 14.3 Å². The Kier molecular flexibility index (Phi) is 7.84. The molecule has 0 saturated heterocycles. The zero-order valence-corrected chi connectivity index (χ0v) is 13.9. The second-order valence-corrected chi connectivity index (χ2v) is 5.80. The molecule has 0 bridgehead atoms. The van der Waals surface area contributed by atoms with E-state index in [2.05, 4.69) is 0 Å². The van der Waals surface area contributed by atoms with Crippen LogP contribution in [0.3, 0.4) is 0 Å². The fourth-order valence-electron chi connectivity index (χ4n) is 1.60. The van der Waals surface area contributed by atoms with E-state index in [1.165, 1.54) is 23.6 Å². The van der Waals surface area contributed by atoms with Gasteiger partial charge in [-0.15, -0.1) is 11.8 Å². The lowest BCUT2D eigenvalue weighted by Gasteiger charge is -2.15. The van der Waals surface area contributed by atoms with Crippen LogP contribution in [0.5, 0.6) is 0 Å². The summed E-state index contributed by atoms with van der Waals surface area (Å²) in [6, 6.07) is 8.72. The lowest BCUT2D eigenvalue weighted by molar-refractivity contribution is -0.133. The Labute approximate surface area is 139 Å². The van der Waals surface area contributed by atoms with Crippen LogP contribution < -0.4 is 0 Å². The number of ether oxygens (including phenoxy) is 1. The van der Waals surface area contributed by atoms with Crippen LogP contribution in [0.15, 0.2) is 29.2 Å². The molecule has 0 radical (unpaired) electrons. The molecule has 0 aliphatic rings. The fraction of sp³-hybridized carbons (Fsp3) is 0.375. The molecule has 1 rings (SSSR count). The second kappa shape index (κ2) is 9.64. The zero-order valence-electron chi connectivity index (χ0n) is 13.1. The Morgan fingerprint density at radius 1 is 1.30 bits per heavy atom. The van der Waals surface area contributed by atoms with Crippen molar-refractivity contribution in [1.82, 2.24) is 4.90 Å². The number of Topliss-reactive ketones (excluding diaryl/α,β-unsaturated/α-hetero) is 1. The summed E-state index contributed by atoms with van der Waals surface area (Å²) >= 11 is 1.25. The van der Waals surface area contributed by atoms with Crippen molar-refractivity contribution in [3.05, 3.63) is 29.8 Å². The zero-order chi connectivity index (χ0) is 17.2. The van der Waals surface area contributed by atoms with E-state index in [4.69, 9.17) is 10.00 Å². The molecular formula is C16H18N2O4S. The van der Waals surface area contributed by atoms with Gasteiger partial charge in [0.05, 0.1) is 23.8 Å². The smallest absolute Gasteiger partial charge is 0.339 e. The van der Waals surface area contributed by atoms with Crippen LogP contribution in [0, 0.1) is 11.3 Å². The van der Waals surface area contributed by atoms with Crippen LogP contribution in [0.25, 0.3) is 0 Å². The summed E-state index contributed by atoms with van der Waals surface area (Å²) in [4.78, 5) is 36.9. The molecule has 0 spiro atoms. The SMILES string of the molecule is CC(=O)CSc1ccccc1C(=O)OCC(=O)N(C)CCC#N. The third kappa shape index (κ3) is 6.53. The van der Waals surface area contributed by atoms with Gasteiger partial charge in [-0.2, -0.15) is 5.26 Å². The van der Waals surface area contributed by atoms with E-state index in [0.717, 1.165) is 0 Å². The second-order valence-electron chi connectivity index (χ2n) is 4.79. The van der Waals surface area contributed by atoms with E-state index < -0.39 is 5.97 Å². The van der Waals surface area contributed by atoms with Crippen LogP contribution in [-0.4, -0.2) is 48.5 Å². The number of esters is 1. The van der Waals surface area contributed by atoms with Crippen molar-refractivity contribution in [2.24, 2.45) is 0 Å². The third-order valence-corrected chi connectivity index (χ3v) is 4.07. The molecule has 0 atom stereocenters. The molecule has 0 aliphatic carbocycles. The first-order valence-corrected chi connectivity index (χ1v) is 7.93. The van der Waals surface area contributed by atoms with Gasteiger partial charge in [0.15, 0.2) is 6.61 Å². The number of hydrogen-bond donors (Lipinski definition) is 0. The number of nitriles is 1. The van der Waals surface area contributed by atoms with Gasteiger partial charge in [-0.25, -0.2) is 4.79 Å². The predicted octanol–water partition coefficient (Wildman–Crippen LogP) is 1.90. The van der Waals surface area contributed by atoms with Gasteiger partial charge in [0.25, 0.3) is 5.91 Å². The van der Waals surface area contributed by atoms with Gasteiger partial charge in [0, 0.05) is 18.5 Å². The molecule has 1 aromatic rings. The van der Waals surface area contributed by atoms with Crippen molar-refractivity contribution < 1.29 is 19.1 Å². The summed E-state index contributed by atoms with van der Waals surface area (Å²) in [6.45, 7) is 1.38. The predicted molar refractivity (Wildman–Crippen MR) is 86.0 cm³/mol. The summed E-state index contributed by atoms with van der Waals surface area (Å²) in [6.07, 6.45) is 0.223. The van der Waals surface area contributed by atoms with Gasteiger partial charge in [-0.3, -0.25) is 9.59 Å². The molecule has 0 aromatic heterocycles. The van der Waals surface area contributed by atoms with Gasteiger partial charge in [-0.05, 0) is 19.1 Å². The largest absolute Gasteiger partial charge is 0.452 e. The monoisotopic (exact) mass is 334 g/mol. The molecule has 0 saturated carbocycles. The van der Waals surface area contributed by atoms with Crippen LogP contribution in [0.4, 0.5) is 0 Å². The average Bonchev–Trinajstić information content (AvgIpc) is 2.55. The van der Waals surface area contributed by atoms with Crippen molar-refractivity contribution in [2.45, 2.75) is 18.2 Å². The van der Waals surface area contributed by atoms with Crippen molar-refractivity contribution >= 4 is 29.4 Å². The lowest BCUT2D eigenvalue weighted by atomic mass is 10.2. The minimum Gasteiger partial charge on any atom is -0.452 e. The summed E-state index contributed by atoms with van der Waals surface area (Å²) in [5.74, 6) is -0.714. The number of carbonyl (C=O) groups is 3. The quantitative estimate of drug-likeness (QED) is 0.533. The Balaban J connectivity index is 2.63. The number of ketones is 1. The number of carbonyl (C=O) groups excluding carboxylic acids is 3. The molecule has 6 nitrogen and oxygen atoms in total. The van der Waals surface area contributed by atoms with Gasteiger partial charge in [0.2, 0.25) is 0 Å². The molecule has 1 aromatic carbocycles. The fourth-order valence-corrected chi connectivity index (χ4v) is 2.44. The number of thioether (sulfide) groups is 1. The molecule has 23 heavy (non-hydrogen) atoms. The van der Waals surface area contributed by atoms with Crippen molar-refractivity contribution in [2.75, 3.05) is 26.0 Å². The van der Waals surface area contributed by atoms with Gasteiger partial charge in [-0.1, -0.05) is 12.1 Å². The Hall–Kier alpha value is -2.33. The standard InChI is InChI=1S/C16H18N2O4S/c1-12(19)11-23-14-7-4-3-6-13(14)16(21)22-10-15(20)18(2)9-5-8-17/h3-4,6-7H,5,9-11H2,1-2H3. The number of nitrogens with zero attached hydrogens (tertiary/aromatic N) is 2. The van der Waals surface area contributed by atoms with Gasteiger partial charge < -0.3 is 9.64 Å². The first-order chi connectivity index (χ1) is 11.0. The van der Waals surface area contributed by atoms with E-state index in [1.807, 2.05) is 6.07 Å². The maximum absolute atomic E-state index is 12.1. The molecule has 0 unspecified atom stereocenters. The van der Waals surface area contributed by atoms with Crippen molar-refractivity contribution in [1.29, 1.82) is 5.26 Å². The summed E-state index contributed by atoms with van der Waals surface area (Å²) in [5.41, 5.74) is 0.325.